The first-order valence-corrected chi connectivity index (χ1v) is 11.1. The number of nitrogen functional groups attached to an aromatic ring is 1. The van der Waals surface area contributed by atoms with E-state index in [0.717, 1.165) is 21.0 Å². The molecule has 3 aliphatic rings. The van der Waals surface area contributed by atoms with Gasteiger partial charge in [-0.05, 0) is 38.0 Å². The summed E-state index contributed by atoms with van der Waals surface area (Å²) < 4.78 is 28.0. The Labute approximate surface area is 181 Å². The van der Waals surface area contributed by atoms with Gasteiger partial charge >= 0.3 is 0 Å². The van der Waals surface area contributed by atoms with Gasteiger partial charge in [0, 0.05) is 11.1 Å². The summed E-state index contributed by atoms with van der Waals surface area (Å²) in [5.41, 5.74) is 7.94. The molecule has 0 aromatic carbocycles. The van der Waals surface area contributed by atoms with E-state index < -0.39 is 12.0 Å². The Hall–Kier alpha value is -1.75. The molecule has 0 amide bonds. The molecular weight excluding hydrogens is 428 g/mol. The fraction of sp³-hybridized carbons (Fsp3) is 0.500. The van der Waals surface area contributed by atoms with Crippen LogP contribution in [-0.4, -0.2) is 45.2 Å². The minimum atomic E-state index is -0.725. The lowest BCUT2D eigenvalue weighted by Gasteiger charge is -2.31. The van der Waals surface area contributed by atoms with Crippen molar-refractivity contribution in [3.8, 4) is 0 Å². The zero-order valence-electron chi connectivity index (χ0n) is 16.4. The van der Waals surface area contributed by atoms with Crippen LogP contribution < -0.4 is 5.73 Å². The van der Waals surface area contributed by atoms with Gasteiger partial charge in [-0.3, -0.25) is 0 Å². The Balaban J connectivity index is 1.42. The van der Waals surface area contributed by atoms with Crippen molar-refractivity contribution in [1.29, 1.82) is 0 Å². The average Bonchev–Trinajstić information content (AvgIpc) is 3.42. The van der Waals surface area contributed by atoms with Crippen LogP contribution in [0.2, 0.25) is 4.34 Å². The Bertz CT molecular complexity index is 1130. The molecule has 2 N–H and O–H groups in total. The molecule has 158 valence electrons. The number of nitrogens with zero attached hydrogens (tertiary/aromatic N) is 3. The van der Waals surface area contributed by atoms with E-state index in [2.05, 4.69) is 9.97 Å². The van der Waals surface area contributed by atoms with Crippen molar-refractivity contribution in [2.24, 2.45) is 0 Å². The van der Waals surface area contributed by atoms with Gasteiger partial charge in [-0.15, -0.1) is 11.3 Å². The first kappa shape index (κ1) is 19.0. The first-order valence-electron chi connectivity index (χ1n) is 9.89. The highest BCUT2D eigenvalue weighted by molar-refractivity contribution is 7.16. The molecule has 3 aliphatic heterocycles. The molecule has 0 saturated carbocycles. The SMILES string of the molecule is CC1(C)O[C@H]2[C@@H](O1)[C@H](n1ccc3c(N)ncnc31)O[C@@H]2[C@H]1OCCc2cc(Cl)sc21. The molecule has 10 heteroatoms. The van der Waals surface area contributed by atoms with Crippen LogP contribution >= 0.6 is 22.9 Å². The molecule has 0 radical (unpaired) electrons. The molecule has 3 aromatic rings. The van der Waals surface area contributed by atoms with Crippen molar-refractivity contribution in [3.05, 3.63) is 39.4 Å². The van der Waals surface area contributed by atoms with Gasteiger partial charge in [-0.25, -0.2) is 9.97 Å². The highest BCUT2D eigenvalue weighted by Gasteiger charge is 2.59. The van der Waals surface area contributed by atoms with Crippen LogP contribution in [0.1, 0.15) is 36.6 Å². The third-order valence-corrected chi connectivity index (χ3v) is 7.28. The third-order valence-electron chi connectivity index (χ3n) is 5.92. The fourth-order valence-electron chi connectivity index (χ4n) is 4.73. The van der Waals surface area contributed by atoms with Crippen molar-refractivity contribution >= 4 is 39.8 Å². The molecule has 3 aromatic heterocycles. The van der Waals surface area contributed by atoms with E-state index in [0.29, 0.717) is 18.1 Å². The maximum Gasteiger partial charge on any atom is 0.164 e. The summed E-state index contributed by atoms with van der Waals surface area (Å²) >= 11 is 7.85. The molecule has 2 fully saturated rings. The van der Waals surface area contributed by atoms with E-state index in [9.17, 15) is 0 Å². The zero-order valence-corrected chi connectivity index (χ0v) is 18.0. The van der Waals surface area contributed by atoms with Crippen molar-refractivity contribution in [2.45, 2.75) is 56.7 Å². The summed E-state index contributed by atoms with van der Waals surface area (Å²) in [6.07, 6.45) is 2.57. The number of thiophene rings is 1. The number of halogens is 1. The second-order valence-electron chi connectivity index (χ2n) is 8.26. The lowest BCUT2D eigenvalue weighted by Crippen LogP contribution is -2.36. The molecule has 0 spiro atoms. The van der Waals surface area contributed by atoms with Crippen LogP contribution in [0, 0.1) is 0 Å². The van der Waals surface area contributed by atoms with Crippen molar-refractivity contribution in [1.82, 2.24) is 14.5 Å². The Morgan fingerprint density at radius 3 is 2.93 bits per heavy atom. The Morgan fingerprint density at radius 1 is 1.23 bits per heavy atom. The van der Waals surface area contributed by atoms with E-state index >= 15 is 0 Å². The van der Waals surface area contributed by atoms with Gasteiger partial charge in [-0.2, -0.15) is 0 Å². The number of anilines is 1. The summed E-state index contributed by atoms with van der Waals surface area (Å²) in [6.45, 7) is 4.46. The van der Waals surface area contributed by atoms with E-state index in [-0.39, 0.29) is 24.4 Å². The standard InChI is InChI=1S/C20H21ClN4O4S/c1-20(2)28-13-12(14-16-9(4-6-26-14)7-11(21)30-16)27-19(15(13)29-20)25-5-3-10-17(22)23-8-24-18(10)25/h3,5,7-8,12-15,19H,4,6H2,1-2H3,(H2,22,23,24)/t12-,13+,14+,15+,19+/m0/s1. The number of hydrogen-bond acceptors (Lipinski definition) is 8. The average molecular weight is 449 g/mol. The molecule has 6 rings (SSSR count). The molecule has 6 heterocycles. The zero-order chi connectivity index (χ0) is 20.6. The number of ether oxygens (including phenoxy) is 4. The topological polar surface area (TPSA) is 93.7 Å². The molecule has 0 bridgehead atoms. The van der Waals surface area contributed by atoms with Gasteiger partial charge in [0.25, 0.3) is 0 Å². The largest absolute Gasteiger partial charge is 0.383 e. The van der Waals surface area contributed by atoms with Gasteiger partial charge in [0.2, 0.25) is 0 Å². The lowest BCUT2D eigenvalue weighted by molar-refractivity contribution is -0.212. The van der Waals surface area contributed by atoms with Crippen LogP contribution in [0.4, 0.5) is 5.82 Å². The van der Waals surface area contributed by atoms with Crippen molar-refractivity contribution in [2.75, 3.05) is 12.3 Å². The predicted octanol–water partition coefficient (Wildman–Crippen LogP) is 3.46. The maximum absolute atomic E-state index is 6.57. The summed E-state index contributed by atoms with van der Waals surface area (Å²) in [5, 5.41) is 0.778. The fourth-order valence-corrected chi connectivity index (χ4v) is 6.13. The van der Waals surface area contributed by atoms with Gasteiger partial charge in [0.1, 0.15) is 42.2 Å². The number of rotatable bonds is 2. The molecule has 8 nitrogen and oxygen atoms in total. The minimum Gasteiger partial charge on any atom is -0.383 e. The molecule has 2 saturated heterocycles. The second kappa shape index (κ2) is 6.62. The maximum atomic E-state index is 6.57. The Morgan fingerprint density at radius 2 is 2.07 bits per heavy atom. The van der Waals surface area contributed by atoms with E-state index in [1.54, 1.807) is 11.3 Å². The van der Waals surface area contributed by atoms with Crippen LogP contribution in [-0.2, 0) is 25.4 Å². The monoisotopic (exact) mass is 448 g/mol. The molecule has 0 unspecified atom stereocenters. The number of aromatic nitrogens is 3. The highest BCUT2D eigenvalue weighted by Crippen LogP contribution is 2.50. The predicted molar refractivity (Wildman–Crippen MR) is 111 cm³/mol. The first-order chi connectivity index (χ1) is 14.4. The van der Waals surface area contributed by atoms with Gasteiger partial charge < -0.3 is 29.2 Å². The summed E-state index contributed by atoms with van der Waals surface area (Å²) in [7, 11) is 0. The van der Waals surface area contributed by atoms with Gasteiger partial charge in [-0.1, -0.05) is 11.6 Å². The molecule has 30 heavy (non-hydrogen) atoms. The lowest BCUT2D eigenvalue weighted by atomic mass is 9.99. The smallest absolute Gasteiger partial charge is 0.164 e. The molecule has 5 atom stereocenters. The van der Waals surface area contributed by atoms with Crippen LogP contribution in [0.3, 0.4) is 0 Å². The minimum absolute atomic E-state index is 0.261. The normalized spacial score (nSPS) is 32.4. The highest BCUT2D eigenvalue weighted by atomic mass is 35.5. The number of hydrogen-bond donors (Lipinski definition) is 1. The summed E-state index contributed by atoms with van der Waals surface area (Å²) in [5.74, 6) is -0.292. The van der Waals surface area contributed by atoms with Crippen molar-refractivity contribution < 1.29 is 18.9 Å². The molecule has 0 aliphatic carbocycles. The Kier molecular flexibility index (Phi) is 4.19. The number of fused-ring (bicyclic) bond motifs is 3. The van der Waals surface area contributed by atoms with E-state index in [1.165, 1.54) is 11.9 Å². The van der Waals surface area contributed by atoms with E-state index in [1.807, 2.05) is 36.7 Å². The van der Waals surface area contributed by atoms with Crippen molar-refractivity contribution in [3.63, 3.8) is 0 Å². The number of nitrogens with two attached hydrogens (primary N) is 1. The van der Waals surface area contributed by atoms with Gasteiger partial charge in [0.15, 0.2) is 12.0 Å². The quantitative estimate of drug-likeness (QED) is 0.641. The third kappa shape index (κ3) is 2.80. The summed E-state index contributed by atoms with van der Waals surface area (Å²) in [6, 6.07) is 3.92. The second-order valence-corrected chi connectivity index (χ2v) is 9.97. The van der Waals surface area contributed by atoms with Crippen LogP contribution in [0.5, 0.6) is 0 Å². The molecular formula is C20H21ClN4O4S. The van der Waals surface area contributed by atoms with Gasteiger partial charge in [0.05, 0.1) is 16.3 Å². The van der Waals surface area contributed by atoms with Crippen LogP contribution in [0.15, 0.2) is 24.7 Å². The summed E-state index contributed by atoms with van der Waals surface area (Å²) in [4.78, 5) is 9.61. The van der Waals surface area contributed by atoms with E-state index in [4.69, 9.17) is 36.3 Å². The van der Waals surface area contributed by atoms with Crippen LogP contribution in [0.25, 0.3) is 11.0 Å².